The lowest BCUT2D eigenvalue weighted by Crippen LogP contribution is -2.42. The molecule has 3 N–H and O–H groups in total. The minimum Gasteiger partial charge on any atom is -0.370 e. The van der Waals surface area contributed by atoms with Gasteiger partial charge in [-0.25, -0.2) is 0 Å². The minimum atomic E-state index is 0.511. The summed E-state index contributed by atoms with van der Waals surface area (Å²) in [7, 11) is 0. The first-order valence-electron chi connectivity index (χ1n) is 7.93. The van der Waals surface area contributed by atoms with E-state index in [1.165, 1.54) is 45.2 Å². The fourth-order valence-corrected chi connectivity index (χ4v) is 2.82. The van der Waals surface area contributed by atoms with Crippen LogP contribution in [0.3, 0.4) is 0 Å². The van der Waals surface area contributed by atoms with Crippen LogP contribution in [0.15, 0.2) is 4.99 Å². The monoisotopic (exact) mass is 266 g/mol. The molecule has 19 heavy (non-hydrogen) atoms. The highest BCUT2D eigenvalue weighted by molar-refractivity contribution is 5.77. The van der Waals surface area contributed by atoms with Gasteiger partial charge in [-0.2, -0.15) is 0 Å². The van der Waals surface area contributed by atoms with Crippen molar-refractivity contribution in [2.24, 2.45) is 22.6 Å². The highest BCUT2D eigenvalue weighted by Crippen LogP contribution is 2.25. The number of nitrogens with one attached hydrogen (secondary N) is 1. The summed E-state index contributed by atoms with van der Waals surface area (Å²) in [5.74, 6) is 2.35. The molecule has 1 atom stereocenters. The summed E-state index contributed by atoms with van der Waals surface area (Å²) in [5.41, 5.74) is 5.92. The van der Waals surface area contributed by atoms with Crippen LogP contribution < -0.4 is 11.1 Å². The third-order valence-electron chi connectivity index (χ3n) is 4.76. The van der Waals surface area contributed by atoms with Gasteiger partial charge in [0.25, 0.3) is 0 Å². The number of guanidine groups is 1. The molecule has 0 bridgehead atoms. The minimum absolute atomic E-state index is 0.511. The summed E-state index contributed by atoms with van der Waals surface area (Å²) in [6.07, 6.45) is 6.73. The Morgan fingerprint density at radius 2 is 2.00 bits per heavy atom. The van der Waals surface area contributed by atoms with Crippen LogP contribution >= 0.6 is 0 Å². The van der Waals surface area contributed by atoms with Gasteiger partial charge in [0, 0.05) is 12.6 Å². The lowest BCUT2D eigenvalue weighted by Gasteiger charge is -2.34. The topological polar surface area (TPSA) is 53.6 Å². The van der Waals surface area contributed by atoms with E-state index in [9.17, 15) is 0 Å². The molecule has 110 valence electrons. The van der Waals surface area contributed by atoms with E-state index >= 15 is 0 Å². The van der Waals surface area contributed by atoms with E-state index in [0.717, 1.165) is 24.9 Å². The number of nitrogens with zero attached hydrogens (tertiary/aromatic N) is 2. The molecule has 2 aliphatic rings. The number of hydrogen-bond acceptors (Lipinski definition) is 2. The quantitative estimate of drug-likeness (QED) is 0.589. The third-order valence-corrected chi connectivity index (χ3v) is 4.76. The van der Waals surface area contributed by atoms with Crippen molar-refractivity contribution in [3.05, 3.63) is 0 Å². The first-order valence-corrected chi connectivity index (χ1v) is 7.93. The van der Waals surface area contributed by atoms with Crippen LogP contribution in [-0.4, -0.2) is 43.1 Å². The average Bonchev–Trinajstić information content (AvgIpc) is 2.35. The van der Waals surface area contributed by atoms with E-state index in [1.807, 2.05) is 0 Å². The van der Waals surface area contributed by atoms with Gasteiger partial charge in [-0.3, -0.25) is 9.89 Å². The van der Waals surface area contributed by atoms with Crippen molar-refractivity contribution in [1.82, 2.24) is 10.2 Å². The van der Waals surface area contributed by atoms with E-state index < -0.39 is 0 Å². The summed E-state index contributed by atoms with van der Waals surface area (Å²) in [6.45, 7) is 8.87. The molecule has 0 amide bonds. The van der Waals surface area contributed by atoms with E-state index in [0.29, 0.717) is 12.0 Å². The molecule has 0 aromatic heterocycles. The standard InChI is InChI=1S/C15H30N4/c1-12-6-8-19(9-7-12)13(2)10-17-15(16)18-11-14-4-3-5-14/h12-14H,3-11H2,1-2H3,(H3,16,17,18). The van der Waals surface area contributed by atoms with Gasteiger partial charge in [0.2, 0.25) is 0 Å². The smallest absolute Gasteiger partial charge is 0.188 e. The molecule has 1 saturated heterocycles. The summed E-state index contributed by atoms with van der Waals surface area (Å²) in [4.78, 5) is 7.03. The Labute approximate surface area is 117 Å². The zero-order valence-corrected chi connectivity index (χ0v) is 12.6. The summed E-state index contributed by atoms with van der Waals surface area (Å²) in [6, 6.07) is 0.511. The first kappa shape index (κ1) is 14.6. The highest BCUT2D eigenvalue weighted by atomic mass is 15.2. The third kappa shape index (κ3) is 4.68. The van der Waals surface area contributed by atoms with Crippen LogP contribution in [0.25, 0.3) is 0 Å². The van der Waals surface area contributed by atoms with Crippen molar-refractivity contribution in [2.75, 3.05) is 26.2 Å². The van der Waals surface area contributed by atoms with Crippen LogP contribution in [0.2, 0.25) is 0 Å². The van der Waals surface area contributed by atoms with Gasteiger partial charge in [-0.15, -0.1) is 0 Å². The first-order chi connectivity index (χ1) is 9.15. The average molecular weight is 266 g/mol. The zero-order chi connectivity index (χ0) is 13.7. The number of nitrogens with two attached hydrogens (primary N) is 1. The maximum atomic E-state index is 5.92. The van der Waals surface area contributed by atoms with Crippen molar-refractivity contribution in [1.29, 1.82) is 0 Å². The van der Waals surface area contributed by atoms with Crippen molar-refractivity contribution in [3.63, 3.8) is 0 Å². The normalized spacial score (nSPS) is 25.1. The Morgan fingerprint density at radius 1 is 1.32 bits per heavy atom. The number of rotatable bonds is 5. The van der Waals surface area contributed by atoms with Gasteiger partial charge in [-0.05, 0) is 57.5 Å². The van der Waals surface area contributed by atoms with Crippen molar-refractivity contribution >= 4 is 5.96 Å². The molecule has 0 radical (unpaired) electrons. The van der Waals surface area contributed by atoms with Crippen molar-refractivity contribution in [3.8, 4) is 0 Å². The lowest BCUT2D eigenvalue weighted by molar-refractivity contribution is 0.150. The summed E-state index contributed by atoms with van der Waals surface area (Å²) >= 11 is 0. The van der Waals surface area contributed by atoms with Crippen LogP contribution in [0, 0.1) is 11.8 Å². The molecule has 4 heteroatoms. The molecule has 1 unspecified atom stereocenters. The zero-order valence-electron chi connectivity index (χ0n) is 12.6. The molecule has 0 aromatic rings. The van der Waals surface area contributed by atoms with Crippen molar-refractivity contribution < 1.29 is 0 Å². The SMILES string of the molecule is CC1CCN(C(C)CN=C(N)NCC2CCC2)CC1. The maximum Gasteiger partial charge on any atom is 0.188 e. The molecular formula is C15H30N4. The van der Waals surface area contributed by atoms with Crippen LogP contribution in [0.5, 0.6) is 0 Å². The molecule has 1 aliphatic heterocycles. The highest BCUT2D eigenvalue weighted by Gasteiger charge is 2.20. The molecule has 1 heterocycles. The Hall–Kier alpha value is -0.770. The van der Waals surface area contributed by atoms with Gasteiger partial charge in [0.15, 0.2) is 5.96 Å². The maximum absolute atomic E-state index is 5.92. The van der Waals surface area contributed by atoms with E-state index in [1.54, 1.807) is 0 Å². The number of aliphatic imine (C=N–C) groups is 1. The van der Waals surface area contributed by atoms with E-state index in [-0.39, 0.29) is 0 Å². The number of piperidine rings is 1. The van der Waals surface area contributed by atoms with Crippen LogP contribution in [0.4, 0.5) is 0 Å². The molecule has 0 aromatic carbocycles. The molecule has 2 fully saturated rings. The van der Waals surface area contributed by atoms with Gasteiger partial charge in [-0.1, -0.05) is 13.3 Å². The largest absolute Gasteiger partial charge is 0.370 e. The summed E-state index contributed by atoms with van der Waals surface area (Å²) in [5, 5.41) is 3.26. The molecular weight excluding hydrogens is 236 g/mol. The van der Waals surface area contributed by atoms with E-state index in [4.69, 9.17) is 5.73 Å². The van der Waals surface area contributed by atoms with Crippen LogP contribution in [0.1, 0.15) is 46.0 Å². The Kier molecular flexibility index (Phi) is 5.49. The van der Waals surface area contributed by atoms with Crippen molar-refractivity contribution in [2.45, 2.75) is 52.0 Å². The van der Waals surface area contributed by atoms with Gasteiger partial charge < -0.3 is 11.1 Å². The Balaban J connectivity index is 1.64. The van der Waals surface area contributed by atoms with Gasteiger partial charge >= 0.3 is 0 Å². The fraction of sp³-hybridized carbons (Fsp3) is 0.933. The predicted octanol–water partition coefficient (Wildman–Crippen LogP) is 1.81. The van der Waals surface area contributed by atoms with E-state index in [2.05, 4.69) is 29.1 Å². The molecule has 0 spiro atoms. The Morgan fingerprint density at radius 3 is 2.58 bits per heavy atom. The second kappa shape index (κ2) is 7.13. The van der Waals surface area contributed by atoms with Crippen LogP contribution in [-0.2, 0) is 0 Å². The number of hydrogen-bond donors (Lipinski definition) is 2. The molecule has 1 saturated carbocycles. The Bertz CT molecular complexity index is 291. The molecule has 1 aliphatic carbocycles. The fourth-order valence-electron chi connectivity index (χ4n) is 2.82. The second-order valence-corrected chi connectivity index (χ2v) is 6.47. The summed E-state index contributed by atoms with van der Waals surface area (Å²) < 4.78 is 0. The van der Waals surface area contributed by atoms with Gasteiger partial charge in [0.1, 0.15) is 0 Å². The second-order valence-electron chi connectivity index (χ2n) is 6.47. The van der Waals surface area contributed by atoms with Gasteiger partial charge in [0.05, 0.1) is 6.54 Å². The molecule has 4 nitrogen and oxygen atoms in total. The number of likely N-dealkylation sites (tertiary alicyclic amines) is 1. The lowest BCUT2D eigenvalue weighted by atomic mass is 9.85. The molecule has 2 rings (SSSR count). The predicted molar refractivity (Wildman–Crippen MR) is 81.3 cm³/mol.